The highest BCUT2D eigenvalue weighted by molar-refractivity contribution is 5.89. The van der Waals surface area contributed by atoms with E-state index in [0.717, 1.165) is 13.0 Å². The Labute approximate surface area is 82.1 Å². The zero-order chi connectivity index (χ0) is 10.3. The second-order valence-corrected chi connectivity index (χ2v) is 4.00. The van der Waals surface area contributed by atoms with Crippen LogP contribution in [0.3, 0.4) is 0 Å². The van der Waals surface area contributed by atoms with Gasteiger partial charge in [-0.25, -0.2) is 4.79 Å². The second kappa shape index (κ2) is 3.24. The minimum Gasteiger partial charge on any atom is -0.480 e. The van der Waals surface area contributed by atoms with Gasteiger partial charge in [-0.3, -0.25) is 4.79 Å². The molecule has 78 valence electrons. The molecule has 0 spiro atoms. The molecule has 2 N–H and O–H groups in total. The highest BCUT2D eigenvalue weighted by Crippen LogP contribution is 2.34. The van der Waals surface area contributed by atoms with E-state index in [1.807, 2.05) is 0 Å². The Morgan fingerprint density at radius 3 is 3.00 bits per heavy atom. The van der Waals surface area contributed by atoms with E-state index in [9.17, 15) is 9.59 Å². The minimum atomic E-state index is -0.879. The molecule has 0 aromatic heterocycles. The van der Waals surface area contributed by atoms with Gasteiger partial charge in [0.1, 0.15) is 6.04 Å². The number of carboxylic acid groups (broad SMARTS) is 1. The first-order chi connectivity index (χ1) is 6.63. The summed E-state index contributed by atoms with van der Waals surface area (Å²) in [6.07, 6.45) is 0.776. The van der Waals surface area contributed by atoms with Crippen molar-refractivity contribution in [2.45, 2.75) is 12.5 Å². The smallest absolute Gasteiger partial charge is 0.326 e. The lowest BCUT2D eigenvalue weighted by atomic mass is 9.85. The van der Waals surface area contributed by atoms with Crippen LogP contribution in [0, 0.1) is 11.8 Å². The van der Waals surface area contributed by atoms with Gasteiger partial charge in [0.25, 0.3) is 0 Å². The predicted octanol–water partition coefficient (Wildman–Crippen LogP) is -0.863. The third-order valence-corrected chi connectivity index (χ3v) is 3.28. The number of hydrogen-bond donors (Lipinski definition) is 2. The number of carbonyl (C=O) groups is 2. The number of likely N-dealkylation sites (N-methyl/N-ethyl adjacent to an activating group) is 1. The van der Waals surface area contributed by atoms with Crippen LogP contribution in [0.25, 0.3) is 0 Å². The van der Waals surface area contributed by atoms with Gasteiger partial charge >= 0.3 is 5.97 Å². The molecule has 1 amide bonds. The van der Waals surface area contributed by atoms with E-state index in [2.05, 4.69) is 5.32 Å². The van der Waals surface area contributed by atoms with Crippen molar-refractivity contribution in [1.82, 2.24) is 10.2 Å². The van der Waals surface area contributed by atoms with Crippen molar-refractivity contribution in [3.05, 3.63) is 0 Å². The number of piperidine rings is 1. The number of hydrogen-bond acceptors (Lipinski definition) is 3. The third kappa shape index (κ3) is 1.19. The topological polar surface area (TPSA) is 69.6 Å². The van der Waals surface area contributed by atoms with E-state index in [1.165, 1.54) is 4.90 Å². The summed E-state index contributed by atoms with van der Waals surface area (Å²) in [6.45, 7) is 1.43. The van der Waals surface area contributed by atoms with Crippen molar-refractivity contribution >= 4 is 11.9 Å². The van der Waals surface area contributed by atoms with Crippen molar-refractivity contribution in [2.24, 2.45) is 11.8 Å². The summed E-state index contributed by atoms with van der Waals surface area (Å²) in [5, 5.41) is 12.2. The molecule has 0 aliphatic carbocycles. The molecule has 0 aromatic carbocycles. The van der Waals surface area contributed by atoms with Gasteiger partial charge in [-0.05, 0) is 13.0 Å². The first kappa shape index (κ1) is 9.45. The van der Waals surface area contributed by atoms with E-state index in [1.54, 1.807) is 7.05 Å². The maximum atomic E-state index is 11.7. The number of rotatable bonds is 1. The molecule has 2 heterocycles. The van der Waals surface area contributed by atoms with Crippen LogP contribution in [0.15, 0.2) is 0 Å². The van der Waals surface area contributed by atoms with Crippen LogP contribution >= 0.6 is 0 Å². The lowest BCUT2D eigenvalue weighted by Crippen LogP contribution is -2.41. The largest absolute Gasteiger partial charge is 0.480 e. The van der Waals surface area contributed by atoms with Crippen LogP contribution in [0.1, 0.15) is 6.42 Å². The fourth-order valence-electron chi connectivity index (χ4n) is 2.56. The maximum absolute atomic E-state index is 11.7. The average molecular weight is 198 g/mol. The monoisotopic (exact) mass is 198 g/mol. The lowest BCUT2D eigenvalue weighted by Gasteiger charge is -2.26. The summed E-state index contributed by atoms with van der Waals surface area (Å²) >= 11 is 0. The summed E-state index contributed by atoms with van der Waals surface area (Å²) in [5.41, 5.74) is 0. The molecule has 0 aromatic rings. The van der Waals surface area contributed by atoms with Crippen LogP contribution in [0.4, 0.5) is 0 Å². The van der Waals surface area contributed by atoms with Crippen LogP contribution in [-0.4, -0.2) is 48.1 Å². The van der Waals surface area contributed by atoms with Crippen molar-refractivity contribution < 1.29 is 14.7 Å². The fraction of sp³-hybridized carbons (Fsp3) is 0.778. The molecule has 2 aliphatic heterocycles. The van der Waals surface area contributed by atoms with E-state index >= 15 is 0 Å². The average Bonchev–Trinajstić information content (AvgIpc) is 2.41. The zero-order valence-corrected chi connectivity index (χ0v) is 8.06. The quantitative estimate of drug-likeness (QED) is 0.575. The third-order valence-electron chi connectivity index (χ3n) is 3.28. The number of fused-ring (bicyclic) bond motifs is 1. The second-order valence-electron chi connectivity index (χ2n) is 4.00. The van der Waals surface area contributed by atoms with E-state index < -0.39 is 12.0 Å². The molecule has 2 saturated heterocycles. The number of nitrogens with one attached hydrogen (secondary N) is 1. The molecule has 1 unspecified atom stereocenters. The SMILES string of the molecule is CN1C(=O)[C@@H]2CNCC[C@@H]2C1C(=O)O. The number of carboxylic acids is 1. The lowest BCUT2D eigenvalue weighted by molar-refractivity contribution is -0.146. The summed E-state index contributed by atoms with van der Waals surface area (Å²) < 4.78 is 0. The number of nitrogens with zero attached hydrogens (tertiary/aromatic N) is 1. The van der Waals surface area contributed by atoms with Crippen molar-refractivity contribution in [1.29, 1.82) is 0 Å². The van der Waals surface area contributed by atoms with E-state index in [-0.39, 0.29) is 17.7 Å². The zero-order valence-electron chi connectivity index (χ0n) is 8.06. The molecule has 5 heteroatoms. The summed E-state index contributed by atoms with van der Waals surface area (Å²) in [6, 6.07) is -0.616. The number of carbonyl (C=O) groups excluding carboxylic acids is 1. The molecule has 2 fully saturated rings. The van der Waals surface area contributed by atoms with Gasteiger partial charge in [0.2, 0.25) is 5.91 Å². The Balaban J connectivity index is 2.26. The van der Waals surface area contributed by atoms with Crippen LogP contribution in [0.5, 0.6) is 0 Å². The Kier molecular flexibility index (Phi) is 2.19. The van der Waals surface area contributed by atoms with Gasteiger partial charge in [0, 0.05) is 19.5 Å². The maximum Gasteiger partial charge on any atom is 0.326 e. The molecule has 2 rings (SSSR count). The molecular weight excluding hydrogens is 184 g/mol. The number of amides is 1. The highest BCUT2D eigenvalue weighted by Gasteiger charge is 2.50. The fourth-order valence-corrected chi connectivity index (χ4v) is 2.56. The molecule has 14 heavy (non-hydrogen) atoms. The molecular formula is C9H14N2O3. The molecule has 0 radical (unpaired) electrons. The van der Waals surface area contributed by atoms with Crippen molar-refractivity contribution in [3.63, 3.8) is 0 Å². The standard InChI is InChI=1S/C9H14N2O3/c1-11-7(9(13)14)5-2-3-10-4-6(5)8(11)12/h5-7,10H,2-4H2,1H3,(H,13,14)/t5-,6+,7?/m0/s1. The number of aliphatic carboxylic acids is 1. The first-order valence-electron chi connectivity index (χ1n) is 4.83. The minimum absolute atomic E-state index is 0.00810. The molecule has 5 nitrogen and oxygen atoms in total. The summed E-state index contributed by atoms with van der Waals surface area (Å²) in [7, 11) is 1.58. The van der Waals surface area contributed by atoms with Crippen molar-refractivity contribution in [3.8, 4) is 0 Å². The highest BCUT2D eigenvalue weighted by atomic mass is 16.4. The molecule has 0 bridgehead atoms. The van der Waals surface area contributed by atoms with Crippen LogP contribution < -0.4 is 5.32 Å². The van der Waals surface area contributed by atoms with Crippen LogP contribution in [-0.2, 0) is 9.59 Å². The summed E-state index contributed by atoms with van der Waals surface area (Å²) in [4.78, 5) is 24.1. The number of likely N-dealkylation sites (tertiary alicyclic amines) is 1. The molecule has 3 atom stereocenters. The van der Waals surface area contributed by atoms with Crippen LogP contribution in [0.2, 0.25) is 0 Å². The van der Waals surface area contributed by atoms with Gasteiger partial charge in [0.15, 0.2) is 0 Å². The Hall–Kier alpha value is -1.10. The molecule has 2 aliphatic rings. The first-order valence-corrected chi connectivity index (χ1v) is 4.83. The normalized spacial score (nSPS) is 37.1. The van der Waals surface area contributed by atoms with Crippen molar-refractivity contribution in [2.75, 3.05) is 20.1 Å². The van der Waals surface area contributed by atoms with Gasteiger partial charge < -0.3 is 15.3 Å². The van der Waals surface area contributed by atoms with Gasteiger partial charge in [-0.15, -0.1) is 0 Å². The molecule has 0 saturated carbocycles. The van der Waals surface area contributed by atoms with Gasteiger partial charge in [-0.1, -0.05) is 0 Å². The van der Waals surface area contributed by atoms with Gasteiger partial charge in [-0.2, -0.15) is 0 Å². The van der Waals surface area contributed by atoms with Gasteiger partial charge in [0.05, 0.1) is 5.92 Å². The summed E-state index contributed by atoms with van der Waals surface area (Å²) in [5.74, 6) is -1.05. The Morgan fingerprint density at radius 1 is 1.64 bits per heavy atom. The van der Waals surface area contributed by atoms with E-state index in [0.29, 0.717) is 6.54 Å². The Bertz CT molecular complexity index is 279. The predicted molar refractivity (Wildman–Crippen MR) is 48.7 cm³/mol. The Morgan fingerprint density at radius 2 is 2.36 bits per heavy atom. The van der Waals surface area contributed by atoms with E-state index in [4.69, 9.17) is 5.11 Å².